The summed E-state index contributed by atoms with van der Waals surface area (Å²) in [6.07, 6.45) is 1.31. The normalized spacial score (nSPS) is 10.9. The van der Waals surface area contributed by atoms with Crippen molar-refractivity contribution in [1.82, 2.24) is 5.43 Å². The van der Waals surface area contributed by atoms with Gasteiger partial charge in [0.15, 0.2) is 0 Å². The number of anilines is 1. The van der Waals surface area contributed by atoms with Gasteiger partial charge < -0.3 is 10.1 Å². The van der Waals surface area contributed by atoms with Crippen molar-refractivity contribution in [3.63, 3.8) is 0 Å². The molecule has 0 fully saturated rings. The zero-order valence-corrected chi connectivity index (χ0v) is 20.4. The first-order valence-electron chi connectivity index (χ1n) is 10.7. The molecule has 0 aliphatic heterocycles. The number of fused-ring (bicyclic) bond motifs is 1. The largest absolute Gasteiger partial charge is 0.422 e. The van der Waals surface area contributed by atoms with Crippen molar-refractivity contribution in [3.05, 3.63) is 106 Å². The molecule has 0 unspecified atom stereocenters. The van der Waals surface area contributed by atoms with Gasteiger partial charge >= 0.3 is 17.8 Å². The van der Waals surface area contributed by atoms with Crippen molar-refractivity contribution >= 4 is 63.7 Å². The van der Waals surface area contributed by atoms with Crippen LogP contribution in [-0.4, -0.2) is 24.0 Å². The first-order valence-corrected chi connectivity index (χ1v) is 11.5. The minimum absolute atomic E-state index is 0.204. The van der Waals surface area contributed by atoms with E-state index in [1.807, 2.05) is 24.3 Å². The fourth-order valence-electron chi connectivity index (χ4n) is 3.41. The summed E-state index contributed by atoms with van der Waals surface area (Å²) in [5.41, 5.74) is 3.87. The highest BCUT2D eigenvalue weighted by Gasteiger charge is 2.17. The number of benzene rings is 4. The summed E-state index contributed by atoms with van der Waals surface area (Å²) in [5, 5.41) is 8.72. The fourth-order valence-corrected chi connectivity index (χ4v) is 3.79. The van der Waals surface area contributed by atoms with Crippen LogP contribution in [0.3, 0.4) is 0 Å². The summed E-state index contributed by atoms with van der Waals surface area (Å²) in [7, 11) is 0. The number of carbonyl (C=O) groups is 3. The van der Waals surface area contributed by atoms with Crippen LogP contribution in [0, 0.1) is 6.92 Å². The number of esters is 1. The van der Waals surface area contributed by atoms with E-state index in [9.17, 15) is 14.4 Å². The van der Waals surface area contributed by atoms with Gasteiger partial charge in [-0.05, 0) is 53.6 Å². The van der Waals surface area contributed by atoms with Crippen LogP contribution in [-0.2, 0) is 9.59 Å². The molecule has 4 aromatic rings. The Labute approximate surface area is 216 Å². The topological polar surface area (TPSA) is 96.9 Å². The molecule has 0 radical (unpaired) electrons. The highest BCUT2D eigenvalue weighted by Crippen LogP contribution is 2.28. The van der Waals surface area contributed by atoms with Gasteiger partial charge in [-0.1, -0.05) is 71.7 Å². The van der Waals surface area contributed by atoms with Crippen molar-refractivity contribution < 1.29 is 19.1 Å². The Bertz CT molecular complexity index is 1520. The van der Waals surface area contributed by atoms with E-state index in [4.69, 9.17) is 27.9 Å². The summed E-state index contributed by atoms with van der Waals surface area (Å²) < 4.78 is 5.61. The predicted octanol–water partition coefficient (Wildman–Crippen LogP) is 5.76. The second-order valence-electron chi connectivity index (χ2n) is 7.63. The molecule has 0 saturated carbocycles. The molecule has 0 aromatic heterocycles. The first kappa shape index (κ1) is 24.9. The highest BCUT2D eigenvalue weighted by atomic mass is 35.5. The standard InChI is InChI=1S/C27H19Cl2N3O4/c1-16-21(28)11-6-12-23(16)31-25(33)26(34)32-30-15-20-18-8-3-2-7-17(18)13-14-24(20)36-27(35)19-9-4-5-10-22(19)29/h2-15H,1H3,(H,31,33)(H,32,34). The summed E-state index contributed by atoms with van der Waals surface area (Å²) in [5.74, 6) is -2.34. The lowest BCUT2D eigenvalue weighted by Gasteiger charge is -2.11. The fraction of sp³-hybridized carbons (Fsp3) is 0.0370. The molecule has 9 heteroatoms. The van der Waals surface area contributed by atoms with Crippen LogP contribution in [0.4, 0.5) is 5.69 Å². The minimum Gasteiger partial charge on any atom is -0.422 e. The zero-order chi connectivity index (χ0) is 25.7. The molecule has 36 heavy (non-hydrogen) atoms. The van der Waals surface area contributed by atoms with E-state index in [1.165, 1.54) is 6.21 Å². The molecule has 7 nitrogen and oxygen atoms in total. The number of amides is 2. The Balaban J connectivity index is 1.55. The smallest absolute Gasteiger partial charge is 0.345 e. The van der Waals surface area contributed by atoms with E-state index in [1.54, 1.807) is 61.5 Å². The SMILES string of the molecule is Cc1c(Cl)cccc1NC(=O)C(=O)NN=Cc1c(OC(=O)c2ccccc2Cl)ccc2ccccc12. The maximum atomic E-state index is 12.7. The van der Waals surface area contributed by atoms with Crippen molar-refractivity contribution in [3.8, 4) is 5.75 Å². The Morgan fingerprint density at radius 3 is 2.36 bits per heavy atom. The van der Waals surface area contributed by atoms with Crippen LogP contribution in [0.2, 0.25) is 10.0 Å². The molecule has 0 saturated heterocycles. The third-order valence-corrected chi connectivity index (χ3v) is 6.05. The maximum absolute atomic E-state index is 12.7. The quantitative estimate of drug-likeness (QED) is 0.115. The third kappa shape index (κ3) is 5.54. The van der Waals surface area contributed by atoms with Crippen molar-refractivity contribution in [1.29, 1.82) is 0 Å². The van der Waals surface area contributed by atoms with Gasteiger partial charge in [-0.25, -0.2) is 10.2 Å². The Kier molecular flexibility index (Phi) is 7.63. The highest BCUT2D eigenvalue weighted by molar-refractivity contribution is 6.40. The Morgan fingerprint density at radius 1 is 0.833 bits per heavy atom. The molecule has 0 heterocycles. The first-order chi connectivity index (χ1) is 17.3. The molecule has 0 aliphatic carbocycles. The number of nitrogens with zero attached hydrogens (tertiary/aromatic N) is 1. The summed E-state index contributed by atoms with van der Waals surface area (Å²) in [6, 6.07) is 22.3. The van der Waals surface area contributed by atoms with Gasteiger partial charge in [0.25, 0.3) is 0 Å². The van der Waals surface area contributed by atoms with Gasteiger partial charge in [-0.2, -0.15) is 5.10 Å². The van der Waals surface area contributed by atoms with Gasteiger partial charge in [0.2, 0.25) is 0 Å². The third-order valence-electron chi connectivity index (χ3n) is 5.31. The number of hydrazone groups is 1. The summed E-state index contributed by atoms with van der Waals surface area (Å²) in [6.45, 7) is 1.72. The predicted molar refractivity (Wildman–Crippen MR) is 141 cm³/mol. The van der Waals surface area contributed by atoms with Crippen LogP contribution in [0.15, 0.2) is 84.0 Å². The van der Waals surface area contributed by atoms with Crippen molar-refractivity contribution in [2.75, 3.05) is 5.32 Å². The van der Waals surface area contributed by atoms with Gasteiger partial charge in [-0.15, -0.1) is 0 Å². The lowest BCUT2D eigenvalue weighted by Crippen LogP contribution is -2.32. The number of carbonyl (C=O) groups excluding carboxylic acids is 3. The van der Waals surface area contributed by atoms with Crippen molar-refractivity contribution in [2.24, 2.45) is 5.10 Å². The molecule has 0 aliphatic rings. The second-order valence-corrected chi connectivity index (χ2v) is 8.45. The van der Waals surface area contributed by atoms with E-state index in [-0.39, 0.29) is 16.3 Å². The number of ether oxygens (including phenoxy) is 1. The van der Waals surface area contributed by atoms with Crippen LogP contribution in [0.25, 0.3) is 10.8 Å². The molecule has 0 spiro atoms. The van der Waals surface area contributed by atoms with E-state index in [0.717, 1.165) is 10.8 Å². The monoisotopic (exact) mass is 519 g/mol. The van der Waals surface area contributed by atoms with Gasteiger partial charge in [0, 0.05) is 16.3 Å². The van der Waals surface area contributed by atoms with E-state index < -0.39 is 17.8 Å². The van der Waals surface area contributed by atoms with Crippen LogP contribution >= 0.6 is 23.2 Å². The average molecular weight is 520 g/mol. The summed E-state index contributed by atoms with van der Waals surface area (Å²) in [4.78, 5) is 37.4. The maximum Gasteiger partial charge on any atom is 0.345 e. The van der Waals surface area contributed by atoms with Gasteiger partial charge in [0.1, 0.15) is 5.75 Å². The Morgan fingerprint density at radius 2 is 1.56 bits per heavy atom. The number of halogens is 2. The van der Waals surface area contributed by atoms with E-state index in [0.29, 0.717) is 21.8 Å². The molecule has 0 atom stereocenters. The summed E-state index contributed by atoms with van der Waals surface area (Å²) >= 11 is 12.2. The number of hydrogen-bond acceptors (Lipinski definition) is 5. The molecule has 180 valence electrons. The molecular formula is C27H19Cl2N3O4. The molecule has 0 bridgehead atoms. The lowest BCUT2D eigenvalue weighted by atomic mass is 10.0. The van der Waals surface area contributed by atoms with Crippen LogP contribution in [0.1, 0.15) is 21.5 Å². The van der Waals surface area contributed by atoms with Gasteiger partial charge in [-0.3, -0.25) is 9.59 Å². The van der Waals surface area contributed by atoms with Gasteiger partial charge in [0.05, 0.1) is 16.8 Å². The number of hydrogen-bond donors (Lipinski definition) is 2. The van der Waals surface area contributed by atoms with Crippen molar-refractivity contribution in [2.45, 2.75) is 6.92 Å². The van der Waals surface area contributed by atoms with Crippen LogP contribution < -0.4 is 15.5 Å². The number of nitrogens with one attached hydrogen (secondary N) is 2. The minimum atomic E-state index is -0.986. The average Bonchev–Trinajstić information content (AvgIpc) is 2.87. The molecular weight excluding hydrogens is 501 g/mol. The second kappa shape index (κ2) is 11.0. The van der Waals surface area contributed by atoms with Crippen LogP contribution in [0.5, 0.6) is 5.75 Å². The molecule has 4 aromatic carbocycles. The molecule has 2 N–H and O–H groups in total. The lowest BCUT2D eigenvalue weighted by molar-refractivity contribution is -0.136. The van der Waals surface area contributed by atoms with E-state index in [2.05, 4.69) is 15.8 Å². The zero-order valence-electron chi connectivity index (χ0n) is 18.9. The number of rotatable bonds is 5. The Hall–Kier alpha value is -4.20. The molecule has 2 amide bonds. The van der Waals surface area contributed by atoms with E-state index >= 15 is 0 Å². The molecule has 4 rings (SSSR count).